The lowest BCUT2D eigenvalue weighted by atomic mass is 10.1. The molecule has 1 aliphatic rings. The largest absolute Gasteiger partial charge is 0.369 e. The van der Waals surface area contributed by atoms with Gasteiger partial charge in [-0.05, 0) is 36.2 Å². The van der Waals surface area contributed by atoms with E-state index in [4.69, 9.17) is 11.6 Å². The Balaban J connectivity index is 1.38. The van der Waals surface area contributed by atoms with Crippen LogP contribution in [0.4, 0.5) is 11.4 Å². The summed E-state index contributed by atoms with van der Waals surface area (Å²) in [5.41, 5.74) is 2.16. The van der Waals surface area contributed by atoms with E-state index in [9.17, 15) is 14.9 Å². The summed E-state index contributed by atoms with van der Waals surface area (Å²) in [5.74, 6) is 0.0193. The first-order chi connectivity index (χ1) is 13.5. The van der Waals surface area contributed by atoms with Gasteiger partial charge in [0.15, 0.2) is 0 Å². The minimum atomic E-state index is -0.396. The van der Waals surface area contributed by atoms with Crippen LogP contribution in [-0.2, 0) is 11.2 Å². The van der Waals surface area contributed by atoms with Crippen LogP contribution in [0.2, 0.25) is 5.02 Å². The molecular weight excluding hydrogens is 380 g/mol. The van der Waals surface area contributed by atoms with Gasteiger partial charge in [-0.15, -0.1) is 0 Å². The Kier molecular flexibility index (Phi) is 6.84. The fourth-order valence-electron chi connectivity index (χ4n) is 3.25. The van der Waals surface area contributed by atoms with Crippen molar-refractivity contribution in [2.24, 2.45) is 0 Å². The molecule has 1 fully saturated rings. The summed E-state index contributed by atoms with van der Waals surface area (Å²) in [5, 5.41) is 14.4. The first-order valence-electron chi connectivity index (χ1n) is 9.24. The van der Waals surface area contributed by atoms with Crippen molar-refractivity contribution in [1.29, 1.82) is 0 Å². The number of halogens is 1. The standard InChI is InChI=1S/C20H23ClN4O3/c21-17-3-1-2-16(14-17)8-9-22-20(26)15-23-10-12-24(13-11-23)18-4-6-19(7-5-18)25(27)28/h1-7,14H,8-13,15H2,(H,22,26). The molecule has 1 saturated heterocycles. The van der Waals surface area contributed by atoms with Crippen molar-refractivity contribution in [3.63, 3.8) is 0 Å². The summed E-state index contributed by atoms with van der Waals surface area (Å²) < 4.78 is 0. The van der Waals surface area contributed by atoms with Gasteiger partial charge in [0, 0.05) is 55.6 Å². The molecule has 148 valence electrons. The quantitative estimate of drug-likeness (QED) is 0.569. The topological polar surface area (TPSA) is 78.7 Å². The first kappa shape index (κ1) is 20.1. The van der Waals surface area contributed by atoms with Crippen LogP contribution in [0.25, 0.3) is 0 Å². The Hall–Kier alpha value is -2.64. The van der Waals surface area contributed by atoms with Gasteiger partial charge in [0.05, 0.1) is 11.5 Å². The van der Waals surface area contributed by atoms with E-state index in [0.29, 0.717) is 18.1 Å². The third kappa shape index (κ3) is 5.68. The summed E-state index contributed by atoms with van der Waals surface area (Å²) in [6.07, 6.45) is 0.750. The lowest BCUT2D eigenvalue weighted by Gasteiger charge is -2.35. The molecule has 0 aliphatic carbocycles. The van der Waals surface area contributed by atoms with Crippen molar-refractivity contribution in [3.05, 3.63) is 69.2 Å². The number of nitrogens with zero attached hydrogens (tertiary/aromatic N) is 3. The Bertz CT molecular complexity index is 820. The molecule has 0 radical (unpaired) electrons. The van der Waals surface area contributed by atoms with Crippen LogP contribution in [0.15, 0.2) is 48.5 Å². The molecule has 0 atom stereocenters. The molecule has 28 heavy (non-hydrogen) atoms. The van der Waals surface area contributed by atoms with Crippen molar-refractivity contribution >= 4 is 28.9 Å². The molecule has 0 aromatic heterocycles. The highest BCUT2D eigenvalue weighted by atomic mass is 35.5. The van der Waals surface area contributed by atoms with Gasteiger partial charge in [-0.2, -0.15) is 0 Å². The van der Waals surface area contributed by atoms with Crippen LogP contribution in [0.1, 0.15) is 5.56 Å². The molecular formula is C20H23ClN4O3. The van der Waals surface area contributed by atoms with E-state index >= 15 is 0 Å². The number of hydrogen-bond donors (Lipinski definition) is 1. The Morgan fingerprint density at radius 1 is 1.11 bits per heavy atom. The van der Waals surface area contributed by atoms with Gasteiger partial charge in [0.2, 0.25) is 5.91 Å². The molecule has 0 spiro atoms. The molecule has 2 aromatic carbocycles. The van der Waals surface area contributed by atoms with Crippen LogP contribution in [0, 0.1) is 10.1 Å². The SMILES string of the molecule is O=C(CN1CCN(c2ccc([N+](=O)[O-])cc2)CC1)NCCc1cccc(Cl)c1. The average molecular weight is 403 g/mol. The minimum absolute atomic E-state index is 0.0193. The normalized spacial score (nSPS) is 14.7. The zero-order valence-corrected chi connectivity index (χ0v) is 16.3. The fraction of sp³-hybridized carbons (Fsp3) is 0.350. The number of nitrogens with one attached hydrogen (secondary N) is 1. The molecule has 0 saturated carbocycles. The predicted molar refractivity (Wildman–Crippen MR) is 110 cm³/mol. The lowest BCUT2D eigenvalue weighted by Crippen LogP contribution is -2.49. The number of rotatable bonds is 7. The Labute approximate surface area is 169 Å². The number of nitro groups is 1. The van der Waals surface area contributed by atoms with Gasteiger partial charge < -0.3 is 10.2 Å². The molecule has 3 rings (SSSR count). The molecule has 1 amide bonds. The molecule has 2 aromatic rings. The number of benzene rings is 2. The van der Waals surface area contributed by atoms with Crippen LogP contribution < -0.4 is 10.2 Å². The second-order valence-electron chi connectivity index (χ2n) is 6.77. The third-order valence-electron chi connectivity index (χ3n) is 4.79. The smallest absolute Gasteiger partial charge is 0.269 e. The number of hydrogen-bond acceptors (Lipinski definition) is 5. The van der Waals surface area contributed by atoms with Gasteiger partial charge in [-0.25, -0.2) is 0 Å². The maximum absolute atomic E-state index is 12.2. The highest BCUT2D eigenvalue weighted by Crippen LogP contribution is 2.20. The molecule has 1 heterocycles. The monoisotopic (exact) mass is 402 g/mol. The first-order valence-corrected chi connectivity index (χ1v) is 9.62. The number of piperazine rings is 1. The van der Waals surface area contributed by atoms with Crippen molar-refractivity contribution in [3.8, 4) is 0 Å². The number of non-ortho nitro benzene ring substituents is 1. The number of anilines is 1. The van der Waals surface area contributed by atoms with Gasteiger partial charge >= 0.3 is 0 Å². The molecule has 1 aliphatic heterocycles. The van der Waals surface area contributed by atoms with Crippen LogP contribution in [0.3, 0.4) is 0 Å². The van der Waals surface area contributed by atoms with Crippen LogP contribution in [-0.4, -0.2) is 55.0 Å². The van der Waals surface area contributed by atoms with Crippen LogP contribution in [0.5, 0.6) is 0 Å². The summed E-state index contributed by atoms with van der Waals surface area (Å²) in [6.45, 7) is 4.09. The fourth-order valence-corrected chi connectivity index (χ4v) is 3.46. The van der Waals surface area contributed by atoms with Gasteiger partial charge in [0.1, 0.15) is 0 Å². The van der Waals surface area contributed by atoms with Gasteiger partial charge in [0.25, 0.3) is 5.69 Å². The molecule has 1 N–H and O–H groups in total. The molecule has 7 nitrogen and oxygen atoms in total. The van der Waals surface area contributed by atoms with E-state index in [1.54, 1.807) is 12.1 Å². The minimum Gasteiger partial charge on any atom is -0.369 e. The van der Waals surface area contributed by atoms with E-state index in [1.807, 2.05) is 24.3 Å². The second-order valence-corrected chi connectivity index (χ2v) is 7.20. The number of carbonyl (C=O) groups excluding carboxylic acids is 1. The summed E-state index contributed by atoms with van der Waals surface area (Å²) in [6, 6.07) is 14.2. The molecule has 0 bridgehead atoms. The van der Waals surface area contributed by atoms with Crippen molar-refractivity contribution in [1.82, 2.24) is 10.2 Å². The summed E-state index contributed by atoms with van der Waals surface area (Å²) in [7, 11) is 0. The highest BCUT2D eigenvalue weighted by Gasteiger charge is 2.19. The average Bonchev–Trinajstić information content (AvgIpc) is 2.69. The van der Waals surface area contributed by atoms with Crippen molar-refractivity contribution in [2.45, 2.75) is 6.42 Å². The van der Waals surface area contributed by atoms with Crippen molar-refractivity contribution in [2.75, 3.05) is 44.2 Å². The van der Waals surface area contributed by atoms with Crippen molar-refractivity contribution < 1.29 is 9.72 Å². The van der Waals surface area contributed by atoms with E-state index in [0.717, 1.165) is 43.9 Å². The zero-order chi connectivity index (χ0) is 19.9. The number of carbonyl (C=O) groups is 1. The Morgan fingerprint density at radius 2 is 1.82 bits per heavy atom. The maximum atomic E-state index is 12.2. The Morgan fingerprint density at radius 3 is 2.46 bits per heavy atom. The molecule has 0 unspecified atom stereocenters. The van der Waals surface area contributed by atoms with Gasteiger partial charge in [-0.1, -0.05) is 23.7 Å². The summed E-state index contributed by atoms with van der Waals surface area (Å²) >= 11 is 5.96. The number of nitro benzene ring substituents is 1. The van der Waals surface area contributed by atoms with E-state index in [1.165, 1.54) is 12.1 Å². The zero-order valence-electron chi connectivity index (χ0n) is 15.5. The van der Waals surface area contributed by atoms with Gasteiger partial charge in [-0.3, -0.25) is 19.8 Å². The maximum Gasteiger partial charge on any atom is 0.269 e. The predicted octanol–water partition coefficient (Wildman–Crippen LogP) is 2.73. The van der Waals surface area contributed by atoms with E-state index in [2.05, 4.69) is 15.1 Å². The third-order valence-corrected chi connectivity index (χ3v) is 5.03. The van der Waals surface area contributed by atoms with Crippen LogP contribution >= 0.6 is 11.6 Å². The summed E-state index contributed by atoms with van der Waals surface area (Å²) in [4.78, 5) is 26.8. The lowest BCUT2D eigenvalue weighted by molar-refractivity contribution is -0.384. The van der Waals surface area contributed by atoms with E-state index < -0.39 is 4.92 Å². The van der Waals surface area contributed by atoms with E-state index in [-0.39, 0.29) is 11.6 Å². The number of amides is 1. The second kappa shape index (κ2) is 9.52. The highest BCUT2D eigenvalue weighted by molar-refractivity contribution is 6.30. The molecule has 8 heteroatoms.